The third kappa shape index (κ3) is 3.18. The number of amides is 1. The van der Waals surface area contributed by atoms with E-state index in [0.29, 0.717) is 36.0 Å². The number of benzene rings is 1. The van der Waals surface area contributed by atoms with Crippen LogP contribution < -0.4 is 4.90 Å². The van der Waals surface area contributed by atoms with Crippen LogP contribution in [0.2, 0.25) is 10.3 Å². The molecule has 23 heavy (non-hydrogen) atoms. The summed E-state index contributed by atoms with van der Waals surface area (Å²) in [4.78, 5) is 23.2. The Morgan fingerprint density at radius 2 is 2.09 bits per heavy atom. The molecule has 2 heterocycles. The van der Waals surface area contributed by atoms with Gasteiger partial charge in [-0.3, -0.25) is 0 Å². The maximum atomic E-state index is 11.1. The maximum absolute atomic E-state index is 11.1. The summed E-state index contributed by atoms with van der Waals surface area (Å²) in [5.74, 6) is 0.673. The molecule has 1 atom stereocenters. The Bertz CT molecular complexity index is 789. The zero-order chi connectivity index (χ0) is 16.7. The van der Waals surface area contributed by atoms with Crippen LogP contribution in [0, 0.1) is 0 Å². The molecule has 122 valence electrons. The number of hydrogen-bond donors (Lipinski definition) is 1. The first-order valence-corrected chi connectivity index (χ1v) is 8.48. The Morgan fingerprint density at radius 1 is 1.35 bits per heavy atom. The van der Waals surface area contributed by atoms with Crippen LogP contribution in [-0.2, 0) is 0 Å². The molecule has 3 rings (SSSR count). The lowest BCUT2D eigenvalue weighted by atomic mass is 10.1. The van der Waals surface area contributed by atoms with E-state index in [4.69, 9.17) is 28.3 Å². The average molecular weight is 420 g/mol. The van der Waals surface area contributed by atoms with Gasteiger partial charge in [-0.25, -0.2) is 9.78 Å². The second-order valence-electron chi connectivity index (χ2n) is 5.37. The molecule has 0 spiro atoms. The van der Waals surface area contributed by atoms with E-state index in [1.807, 2.05) is 11.8 Å². The molecular formula is C14H13BrCl2N4O2. The van der Waals surface area contributed by atoms with Gasteiger partial charge in [-0.05, 0) is 46.6 Å². The van der Waals surface area contributed by atoms with Crippen LogP contribution in [0.4, 0.5) is 10.6 Å². The number of piperazine rings is 1. The zero-order valence-corrected chi connectivity index (χ0v) is 15.2. The highest BCUT2D eigenvalue weighted by Crippen LogP contribution is 2.34. The summed E-state index contributed by atoms with van der Waals surface area (Å²) in [6.45, 7) is 3.30. The fourth-order valence-corrected chi connectivity index (χ4v) is 3.41. The lowest BCUT2D eigenvalue weighted by Gasteiger charge is -2.39. The number of fused-ring (bicyclic) bond motifs is 1. The number of carbonyl (C=O) groups is 1. The number of rotatable bonds is 1. The monoisotopic (exact) mass is 418 g/mol. The van der Waals surface area contributed by atoms with Gasteiger partial charge < -0.3 is 14.9 Å². The van der Waals surface area contributed by atoms with Crippen molar-refractivity contribution in [3.8, 4) is 0 Å². The summed E-state index contributed by atoms with van der Waals surface area (Å²) < 4.78 is 0.733. The summed E-state index contributed by atoms with van der Waals surface area (Å²) in [6.07, 6.45) is -0.908. The molecule has 1 aromatic carbocycles. The molecule has 1 fully saturated rings. The summed E-state index contributed by atoms with van der Waals surface area (Å²) in [5, 5.41) is 10.6. The first kappa shape index (κ1) is 16.5. The van der Waals surface area contributed by atoms with E-state index in [2.05, 4.69) is 25.9 Å². The number of carboxylic acid groups (broad SMARTS) is 1. The average Bonchev–Trinajstić information content (AvgIpc) is 2.48. The molecule has 0 aliphatic carbocycles. The molecule has 0 radical (unpaired) electrons. The van der Waals surface area contributed by atoms with Crippen molar-refractivity contribution in [3.05, 3.63) is 26.9 Å². The Labute approximate surface area is 151 Å². The summed E-state index contributed by atoms with van der Waals surface area (Å²) in [7, 11) is 0. The first-order chi connectivity index (χ1) is 10.9. The largest absolute Gasteiger partial charge is 0.465 e. The third-order valence-corrected chi connectivity index (χ3v) is 5.23. The number of nitrogens with zero attached hydrogens (tertiary/aromatic N) is 4. The predicted octanol–water partition coefficient (Wildman–Crippen LogP) is 3.89. The van der Waals surface area contributed by atoms with Crippen LogP contribution >= 0.6 is 39.1 Å². The van der Waals surface area contributed by atoms with Gasteiger partial charge in [0, 0.05) is 35.5 Å². The highest BCUT2D eigenvalue weighted by Gasteiger charge is 2.29. The molecule has 1 aliphatic rings. The zero-order valence-electron chi connectivity index (χ0n) is 12.1. The number of halogens is 3. The maximum Gasteiger partial charge on any atom is 0.407 e. The van der Waals surface area contributed by atoms with Gasteiger partial charge in [-0.1, -0.05) is 11.6 Å². The smallest absolute Gasteiger partial charge is 0.407 e. The van der Waals surface area contributed by atoms with E-state index < -0.39 is 6.09 Å². The minimum absolute atomic E-state index is 0.0311. The Balaban J connectivity index is 2.06. The summed E-state index contributed by atoms with van der Waals surface area (Å²) in [6, 6.07) is 3.56. The Morgan fingerprint density at radius 3 is 2.74 bits per heavy atom. The fraction of sp³-hybridized carbons (Fsp3) is 0.357. The quantitative estimate of drug-likeness (QED) is 0.710. The summed E-state index contributed by atoms with van der Waals surface area (Å²) in [5.41, 5.74) is 0.684. The minimum Gasteiger partial charge on any atom is -0.465 e. The molecule has 1 saturated heterocycles. The van der Waals surface area contributed by atoms with Gasteiger partial charge in [0.05, 0.1) is 10.5 Å². The Kier molecular flexibility index (Phi) is 4.53. The molecule has 1 amide bonds. The van der Waals surface area contributed by atoms with Crippen molar-refractivity contribution in [2.24, 2.45) is 0 Å². The first-order valence-electron chi connectivity index (χ1n) is 6.93. The van der Waals surface area contributed by atoms with Gasteiger partial charge in [0.1, 0.15) is 5.82 Å². The van der Waals surface area contributed by atoms with Crippen molar-refractivity contribution in [2.75, 3.05) is 24.5 Å². The molecule has 9 heteroatoms. The molecule has 1 aromatic heterocycles. The van der Waals surface area contributed by atoms with Crippen molar-refractivity contribution in [2.45, 2.75) is 13.0 Å². The van der Waals surface area contributed by atoms with E-state index in [1.165, 1.54) is 4.90 Å². The molecule has 0 saturated carbocycles. The Hall–Kier alpha value is -1.31. The van der Waals surface area contributed by atoms with Crippen molar-refractivity contribution in [1.82, 2.24) is 14.9 Å². The van der Waals surface area contributed by atoms with E-state index in [1.54, 1.807) is 12.1 Å². The second kappa shape index (κ2) is 6.30. The van der Waals surface area contributed by atoms with E-state index in [9.17, 15) is 4.79 Å². The van der Waals surface area contributed by atoms with Crippen molar-refractivity contribution in [3.63, 3.8) is 0 Å². The standard InChI is InChI=1S/C14H13BrCl2N4O2/c1-7-6-20(14(22)23)2-3-21(7)12-8-4-10(16)9(15)5-11(8)18-13(17)19-12/h4-5,7H,2-3,6H2,1H3,(H,22,23)/t7-/m0/s1. The topological polar surface area (TPSA) is 69.6 Å². The highest BCUT2D eigenvalue weighted by molar-refractivity contribution is 9.10. The third-order valence-electron chi connectivity index (χ3n) is 3.86. The molecule has 0 unspecified atom stereocenters. The van der Waals surface area contributed by atoms with Crippen LogP contribution in [-0.4, -0.2) is 51.7 Å². The van der Waals surface area contributed by atoms with Gasteiger partial charge >= 0.3 is 6.09 Å². The molecule has 6 nitrogen and oxygen atoms in total. The summed E-state index contributed by atoms with van der Waals surface area (Å²) >= 11 is 15.6. The van der Waals surface area contributed by atoms with Crippen LogP contribution in [0.15, 0.2) is 16.6 Å². The van der Waals surface area contributed by atoms with Crippen molar-refractivity contribution < 1.29 is 9.90 Å². The number of anilines is 1. The molecule has 2 aromatic rings. The normalized spacial score (nSPS) is 18.5. The van der Waals surface area contributed by atoms with Crippen LogP contribution in [0.1, 0.15) is 6.92 Å². The molecule has 0 bridgehead atoms. The predicted molar refractivity (Wildman–Crippen MR) is 93.7 cm³/mol. The fourth-order valence-electron chi connectivity index (χ4n) is 2.74. The van der Waals surface area contributed by atoms with Gasteiger partial charge in [0.25, 0.3) is 0 Å². The van der Waals surface area contributed by atoms with Crippen LogP contribution in [0.3, 0.4) is 0 Å². The highest BCUT2D eigenvalue weighted by atomic mass is 79.9. The van der Waals surface area contributed by atoms with Gasteiger partial charge in [-0.15, -0.1) is 0 Å². The van der Waals surface area contributed by atoms with E-state index >= 15 is 0 Å². The molecule has 1 aliphatic heterocycles. The molecular weight excluding hydrogens is 407 g/mol. The van der Waals surface area contributed by atoms with E-state index in [0.717, 1.165) is 9.86 Å². The van der Waals surface area contributed by atoms with Gasteiger partial charge in [-0.2, -0.15) is 4.98 Å². The SMILES string of the molecule is C[C@H]1CN(C(=O)O)CCN1c1nc(Cl)nc2cc(Br)c(Cl)cc12. The van der Waals surface area contributed by atoms with Crippen molar-refractivity contribution >= 4 is 61.9 Å². The van der Waals surface area contributed by atoms with Crippen LogP contribution in [0.5, 0.6) is 0 Å². The van der Waals surface area contributed by atoms with E-state index in [-0.39, 0.29) is 11.3 Å². The minimum atomic E-state index is -0.908. The van der Waals surface area contributed by atoms with Crippen LogP contribution in [0.25, 0.3) is 10.9 Å². The lowest BCUT2D eigenvalue weighted by Crippen LogP contribution is -2.53. The second-order valence-corrected chi connectivity index (χ2v) is 6.97. The number of hydrogen-bond acceptors (Lipinski definition) is 4. The number of aromatic nitrogens is 2. The van der Waals surface area contributed by atoms with Gasteiger partial charge in [0.15, 0.2) is 0 Å². The lowest BCUT2D eigenvalue weighted by molar-refractivity contribution is 0.136. The van der Waals surface area contributed by atoms with Gasteiger partial charge in [0.2, 0.25) is 5.28 Å². The van der Waals surface area contributed by atoms with Crippen molar-refractivity contribution in [1.29, 1.82) is 0 Å². The molecule has 1 N–H and O–H groups in total.